The predicted molar refractivity (Wildman–Crippen MR) is 74.5 cm³/mol. The first-order valence-electron chi connectivity index (χ1n) is 4.64. The second kappa shape index (κ2) is 5.24. The van der Waals surface area contributed by atoms with E-state index in [2.05, 4.69) is 15.9 Å². The second-order valence-electron chi connectivity index (χ2n) is 3.43. The molecular formula is C11H7BrCl2FNS. The summed E-state index contributed by atoms with van der Waals surface area (Å²) in [5.41, 5.74) is 7.40. The molecule has 6 heteroatoms. The maximum atomic E-state index is 13.4. The average Bonchev–Trinajstić information content (AvgIpc) is 2.61. The molecule has 1 atom stereocenters. The summed E-state index contributed by atoms with van der Waals surface area (Å²) in [7, 11) is 0. The molecule has 2 aromatic rings. The molecular weight excluding hydrogens is 348 g/mol. The van der Waals surface area contributed by atoms with Crippen LogP contribution in [0.25, 0.3) is 0 Å². The summed E-state index contributed by atoms with van der Waals surface area (Å²) in [6.45, 7) is 0. The molecule has 1 heterocycles. The third-order valence-corrected chi connectivity index (χ3v) is 4.48. The number of halogens is 4. The van der Waals surface area contributed by atoms with Gasteiger partial charge in [-0.15, -0.1) is 11.3 Å². The van der Waals surface area contributed by atoms with Gasteiger partial charge in [-0.25, -0.2) is 4.39 Å². The molecule has 2 rings (SSSR count). The zero-order chi connectivity index (χ0) is 12.6. The maximum Gasteiger partial charge on any atom is 0.137 e. The zero-order valence-electron chi connectivity index (χ0n) is 8.38. The first kappa shape index (κ1) is 13.3. The normalized spacial score (nSPS) is 12.8. The summed E-state index contributed by atoms with van der Waals surface area (Å²) in [5.74, 6) is -0.351. The predicted octanol–water partition coefficient (Wildman–Crippen LogP) is 5.00. The highest BCUT2D eigenvalue weighted by Crippen LogP contribution is 2.36. The van der Waals surface area contributed by atoms with E-state index in [1.165, 1.54) is 17.4 Å². The van der Waals surface area contributed by atoms with Crippen molar-refractivity contribution in [3.8, 4) is 0 Å². The Morgan fingerprint density at radius 1 is 1.29 bits per heavy atom. The molecule has 1 nitrogen and oxygen atoms in total. The van der Waals surface area contributed by atoms with Crippen molar-refractivity contribution < 1.29 is 4.39 Å². The van der Waals surface area contributed by atoms with E-state index >= 15 is 0 Å². The van der Waals surface area contributed by atoms with Crippen LogP contribution in [0.3, 0.4) is 0 Å². The Labute approximate surface area is 120 Å². The van der Waals surface area contributed by atoms with Crippen LogP contribution in [0.2, 0.25) is 8.67 Å². The number of thiophene rings is 1. The highest BCUT2D eigenvalue weighted by atomic mass is 79.9. The third-order valence-electron chi connectivity index (χ3n) is 2.32. The molecule has 17 heavy (non-hydrogen) atoms. The minimum atomic E-state index is -0.478. The number of hydrogen-bond acceptors (Lipinski definition) is 2. The first-order valence-corrected chi connectivity index (χ1v) is 7.01. The molecule has 1 aromatic heterocycles. The van der Waals surface area contributed by atoms with Gasteiger partial charge in [0.15, 0.2) is 0 Å². The van der Waals surface area contributed by atoms with Gasteiger partial charge in [-0.1, -0.05) is 29.3 Å². The number of benzene rings is 1. The van der Waals surface area contributed by atoms with Crippen molar-refractivity contribution in [2.45, 2.75) is 6.04 Å². The van der Waals surface area contributed by atoms with Crippen LogP contribution in [0.1, 0.15) is 17.2 Å². The van der Waals surface area contributed by atoms with Crippen LogP contribution in [0.5, 0.6) is 0 Å². The topological polar surface area (TPSA) is 26.0 Å². The van der Waals surface area contributed by atoms with E-state index in [1.807, 2.05) is 0 Å². The van der Waals surface area contributed by atoms with E-state index in [4.69, 9.17) is 28.9 Å². The average molecular weight is 355 g/mol. The minimum Gasteiger partial charge on any atom is -0.320 e. The van der Waals surface area contributed by atoms with Crippen molar-refractivity contribution in [3.05, 3.63) is 54.4 Å². The van der Waals surface area contributed by atoms with Crippen LogP contribution in [0.4, 0.5) is 4.39 Å². The highest BCUT2D eigenvalue weighted by molar-refractivity contribution is 9.10. The fourth-order valence-corrected chi connectivity index (χ4v) is 3.25. The number of hydrogen-bond donors (Lipinski definition) is 1. The Bertz CT molecular complexity index is 558. The van der Waals surface area contributed by atoms with Crippen molar-refractivity contribution >= 4 is 50.5 Å². The van der Waals surface area contributed by atoms with Gasteiger partial charge in [0.25, 0.3) is 0 Å². The van der Waals surface area contributed by atoms with Crippen LogP contribution in [-0.2, 0) is 0 Å². The lowest BCUT2D eigenvalue weighted by Crippen LogP contribution is -2.11. The van der Waals surface area contributed by atoms with E-state index in [1.54, 1.807) is 18.2 Å². The fourth-order valence-electron chi connectivity index (χ4n) is 1.45. The molecule has 0 aliphatic rings. The highest BCUT2D eigenvalue weighted by Gasteiger charge is 2.16. The third kappa shape index (κ3) is 2.83. The van der Waals surface area contributed by atoms with E-state index in [-0.39, 0.29) is 5.82 Å². The van der Waals surface area contributed by atoms with Gasteiger partial charge < -0.3 is 5.73 Å². The van der Waals surface area contributed by atoms with Crippen LogP contribution >= 0.6 is 50.5 Å². The molecule has 0 saturated carbocycles. The second-order valence-corrected chi connectivity index (χ2v) is 6.57. The molecule has 0 bridgehead atoms. The largest absolute Gasteiger partial charge is 0.320 e. The Morgan fingerprint density at radius 2 is 2.00 bits per heavy atom. The lowest BCUT2D eigenvalue weighted by atomic mass is 10.0. The van der Waals surface area contributed by atoms with Crippen molar-refractivity contribution in [2.24, 2.45) is 5.73 Å². The van der Waals surface area contributed by atoms with Crippen LogP contribution in [0, 0.1) is 5.82 Å². The molecule has 0 spiro atoms. The Morgan fingerprint density at radius 3 is 2.53 bits per heavy atom. The molecule has 1 aromatic carbocycles. The summed E-state index contributed by atoms with van der Waals surface area (Å²) in [6, 6.07) is 5.98. The van der Waals surface area contributed by atoms with Gasteiger partial charge in [0.05, 0.1) is 19.2 Å². The summed E-state index contributed by atoms with van der Waals surface area (Å²) < 4.78 is 14.9. The summed E-state index contributed by atoms with van der Waals surface area (Å²) in [4.78, 5) is 0. The van der Waals surface area contributed by atoms with Crippen molar-refractivity contribution in [2.75, 3.05) is 0 Å². The number of rotatable bonds is 2. The molecule has 90 valence electrons. The summed E-state index contributed by atoms with van der Waals surface area (Å²) in [5, 5.41) is 0. The van der Waals surface area contributed by atoms with E-state index in [9.17, 15) is 4.39 Å². The molecule has 1 unspecified atom stereocenters. The molecule has 0 fully saturated rings. The summed E-state index contributed by atoms with van der Waals surface area (Å²) >= 11 is 16.2. The van der Waals surface area contributed by atoms with Crippen molar-refractivity contribution in [1.82, 2.24) is 0 Å². The van der Waals surface area contributed by atoms with Crippen LogP contribution in [-0.4, -0.2) is 0 Å². The maximum absolute atomic E-state index is 13.4. The summed E-state index contributed by atoms with van der Waals surface area (Å²) in [6.07, 6.45) is 0. The SMILES string of the molecule is NC(c1ccc(Br)c(F)c1)c1cc(Cl)sc1Cl. The van der Waals surface area contributed by atoms with Gasteiger partial charge in [-0.2, -0.15) is 0 Å². The molecule has 0 aliphatic carbocycles. The van der Waals surface area contributed by atoms with E-state index in [0.717, 1.165) is 0 Å². The van der Waals surface area contributed by atoms with Crippen LogP contribution in [0.15, 0.2) is 28.7 Å². The van der Waals surface area contributed by atoms with Gasteiger partial charge >= 0.3 is 0 Å². The smallest absolute Gasteiger partial charge is 0.137 e. The molecule has 0 amide bonds. The lowest BCUT2D eigenvalue weighted by molar-refractivity contribution is 0.617. The lowest BCUT2D eigenvalue weighted by Gasteiger charge is -2.11. The van der Waals surface area contributed by atoms with Gasteiger partial charge in [-0.3, -0.25) is 0 Å². The van der Waals surface area contributed by atoms with Gasteiger partial charge in [0.2, 0.25) is 0 Å². The standard InChI is InChI=1S/C11H7BrCl2FNS/c12-7-2-1-5(3-8(7)15)10(16)6-4-9(13)17-11(6)14/h1-4,10H,16H2. The molecule has 2 N–H and O–H groups in total. The molecule has 0 saturated heterocycles. The van der Waals surface area contributed by atoms with E-state index < -0.39 is 6.04 Å². The van der Waals surface area contributed by atoms with Crippen molar-refractivity contribution in [1.29, 1.82) is 0 Å². The van der Waals surface area contributed by atoms with Crippen molar-refractivity contribution in [3.63, 3.8) is 0 Å². The van der Waals surface area contributed by atoms with E-state index in [0.29, 0.717) is 24.3 Å². The minimum absolute atomic E-state index is 0.351. The molecule has 0 radical (unpaired) electrons. The Balaban J connectivity index is 2.40. The molecule has 0 aliphatic heterocycles. The Hall–Kier alpha value is -0.130. The fraction of sp³-hybridized carbons (Fsp3) is 0.0909. The number of nitrogens with two attached hydrogens (primary N) is 1. The first-order chi connectivity index (χ1) is 7.99. The Kier molecular flexibility index (Phi) is 4.10. The monoisotopic (exact) mass is 353 g/mol. The zero-order valence-corrected chi connectivity index (χ0v) is 12.3. The van der Waals surface area contributed by atoms with Crippen LogP contribution < -0.4 is 5.73 Å². The van der Waals surface area contributed by atoms with Gasteiger partial charge in [0.1, 0.15) is 5.82 Å². The van der Waals surface area contributed by atoms with Gasteiger partial charge in [-0.05, 0) is 39.7 Å². The quantitative estimate of drug-likeness (QED) is 0.806. The van der Waals surface area contributed by atoms with Gasteiger partial charge in [0, 0.05) is 5.56 Å².